The number of pyridine rings is 1. The van der Waals surface area contributed by atoms with Crippen molar-refractivity contribution in [3.63, 3.8) is 0 Å². The second-order valence-corrected chi connectivity index (χ2v) is 8.58. The lowest BCUT2D eigenvalue weighted by Crippen LogP contribution is -2.25. The van der Waals surface area contributed by atoms with Crippen molar-refractivity contribution in [2.75, 3.05) is 13.7 Å². The van der Waals surface area contributed by atoms with Gasteiger partial charge in [0.1, 0.15) is 5.82 Å². The third kappa shape index (κ3) is 6.03. The molecule has 4 aromatic rings. The van der Waals surface area contributed by atoms with Crippen LogP contribution < -0.4 is 5.32 Å². The molecule has 1 N–H and O–H groups in total. The Morgan fingerprint density at radius 1 is 1.00 bits per heavy atom. The molecule has 0 radical (unpaired) electrons. The Kier molecular flexibility index (Phi) is 7.73. The van der Waals surface area contributed by atoms with Crippen LogP contribution in [0.1, 0.15) is 32.7 Å². The molecule has 4 rings (SSSR count). The standard InChI is InChI=1S/C28H24ClFN2O3/c1-35-27(33)16-21-17-32-26(24-5-3-2-4-23(21)24)15-19-8-9-20(14-25(19)30)28(34)31-13-12-18-6-10-22(29)11-7-18/h2-11,14,17H,12-13,15-16H2,1H3,(H,31,34). The molecular formula is C28H24ClFN2O3. The molecule has 1 aromatic heterocycles. The van der Waals surface area contributed by atoms with Crippen molar-refractivity contribution >= 4 is 34.2 Å². The number of halogens is 2. The number of nitrogens with one attached hydrogen (secondary N) is 1. The van der Waals surface area contributed by atoms with Crippen molar-refractivity contribution < 1.29 is 18.7 Å². The molecule has 7 heteroatoms. The molecule has 0 saturated heterocycles. The van der Waals surface area contributed by atoms with Crippen molar-refractivity contribution in [2.24, 2.45) is 0 Å². The largest absolute Gasteiger partial charge is 0.469 e. The highest BCUT2D eigenvalue weighted by Crippen LogP contribution is 2.25. The Morgan fingerprint density at radius 3 is 2.46 bits per heavy atom. The molecule has 0 fully saturated rings. The summed E-state index contributed by atoms with van der Waals surface area (Å²) in [4.78, 5) is 28.7. The number of hydrogen-bond acceptors (Lipinski definition) is 4. The smallest absolute Gasteiger partial charge is 0.310 e. The van der Waals surface area contributed by atoms with Gasteiger partial charge in [0.25, 0.3) is 5.91 Å². The summed E-state index contributed by atoms with van der Waals surface area (Å²) in [6.07, 6.45) is 2.65. The van der Waals surface area contributed by atoms with E-state index in [9.17, 15) is 14.0 Å². The van der Waals surface area contributed by atoms with Crippen LogP contribution >= 0.6 is 11.6 Å². The third-order valence-corrected chi connectivity index (χ3v) is 6.06. The van der Waals surface area contributed by atoms with Crippen LogP contribution in [0.5, 0.6) is 0 Å². The van der Waals surface area contributed by atoms with Gasteiger partial charge in [-0.05, 0) is 52.8 Å². The second kappa shape index (κ2) is 11.1. The molecule has 0 aliphatic rings. The van der Waals surface area contributed by atoms with E-state index in [1.807, 2.05) is 36.4 Å². The summed E-state index contributed by atoms with van der Waals surface area (Å²) in [6, 6.07) is 19.5. The fraction of sp³-hybridized carbons (Fsp3) is 0.179. The molecule has 178 valence electrons. The molecule has 0 spiro atoms. The van der Waals surface area contributed by atoms with Gasteiger partial charge >= 0.3 is 5.97 Å². The first kappa shape index (κ1) is 24.4. The summed E-state index contributed by atoms with van der Waals surface area (Å²) in [5, 5.41) is 5.20. The van der Waals surface area contributed by atoms with E-state index in [4.69, 9.17) is 16.3 Å². The third-order valence-electron chi connectivity index (χ3n) is 5.81. The van der Waals surface area contributed by atoms with Crippen molar-refractivity contribution in [1.82, 2.24) is 10.3 Å². The Bertz CT molecular complexity index is 1370. The first-order chi connectivity index (χ1) is 16.9. The number of methoxy groups -OCH3 is 1. The van der Waals surface area contributed by atoms with E-state index in [1.54, 1.807) is 30.5 Å². The lowest BCUT2D eigenvalue weighted by atomic mass is 9.98. The van der Waals surface area contributed by atoms with E-state index in [0.717, 1.165) is 21.9 Å². The molecule has 0 saturated carbocycles. The summed E-state index contributed by atoms with van der Waals surface area (Å²) in [6.45, 7) is 0.428. The van der Waals surface area contributed by atoms with E-state index >= 15 is 0 Å². The van der Waals surface area contributed by atoms with Crippen molar-refractivity contribution in [3.05, 3.63) is 112 Å². The minimum atomic E-state index is -0.472. The number of benzene rings is 3. The molecule has 1 heterocycles. The number of amides is 1. The number of aromatic nitrogens is 1. The van der Waals surface area contributed by atoms with Crippen LogP contribution in [0.25, 0.3) is 10.8 Å². The van der Waals surface area contributed by atoms with Gasteiger partial charge in [-0.2, -0.15) is 0 Å². The minimum Gasteiger partial charge on any atom is -0.469 e. The number of carbonyl (C=O) groups excluding carboxylic acids is 2. The molecule has 0 aliphatic carbocycles. The predicted molar refractivity (Wildman–Crippen MR) is 134 cm³/mol. The number of fused-ring (bicyclic) bond motifs is 1. The quantitative estimate of drug-likeness (QED) is 0.340. The normalized spacial score (nSPS) is 10.8. The number of ether oxygens (including phenoxy) is 1. The number of carbonyl (C=O) groups is 2. The lowest BCUT2D eigenvalue weighted by molar-refractivity contribution is -0.139. The van der Waals surface area contributed by atoms with Crippen LogP contribution in [-0.4, -0.2) is 30.5 Å². The van der Waals surface area contributed by atoms with Gasteiger partial charge < -0.3 is 10.1 Å². The van der Waals surface area contributed by atoms with Crippen LogP contribution in [-0.2, 0) is 28.8 Å². The van der Waals surface area contributed by atoms with Crippen molar-refractivity contribution in [2.45, 2.75) is 19.3 Å². The average Bonchev–Trinajstić information content (AvgIpc) is 2.87. The molecule has 3 aromatic carbocycles. The molecule has 0 unspecified atom stereocenters. The van der Waals surface area contributed by atoms with Crippen LogP contribution in [0.15, 0.2) is 72.9 Å². The molecule has 0 atom stereocenters. The SMILES string of the molecule is COC(=O)Cc1cnc(Cc2ccc(C(=O)NCCc3ccc(Cl)cc3)cc2F)c2ccccc12. The monoisotopic (exact) mass is 490 g/mol. The van der Waals surface area contributed by atoms with E-state index in [0.29, 0.717) is 29.2 Å². The van der Waals surface area contributed by atoms with Crippen LogP contribution in [0, 0.1) is 5.82 Å². The average molecular weight is 491 g/mol. The highest BCUT2D eigenvalue weighted by atomic mass is 35.5. The van der Waals surface area contributed by atoms with Gasteiger partial charge in [-0.15, -0.1) is 0 Å². The molecule has 5 nitrogen and oxygen atoms in total. The maximum Gasteiger partial charge on any atom is 0.310 e. The van der Waals surface area contributed by atoms with Gasteiger partial charge in [0.2, 0.25) is 0 Å². The zero-order chi connectivity index (χ0) is 24.8. The van der Waals surface area contributed by atoms with Gasteiger partial charge in [-0.25, -0.2) is 4.39 Å². The Balaban J connectivity index is 1.46. The Labute approximate surface area is 207 Å². The number of rotatable bonds is 8. The van der Waals surface area contributed by atoms with Gasteiger partial charge in [0.15, 0.2) is 0 Å². The van der Waals surface area contributed by atoms with E-state index < -0.39 is 5.82 Å². The highest BCUT2D eigenvalue weighted by molar-refractivity contribution is 6.30. The second-order valence-electron chi connectivity index (χ2n) is 8.14. The van der Waals surface area contributed by atoms with E-state index in [1.165, 1.54) is 13.2 Å². The number of nitrogens with zero attached hydrogens (tertiary/aromatic N) is 1. The summed E-state index contributed by atoms with van der Waals surface area (Å²) >= 11 is 5.89. The van der Waals surface area contributed by atoms with E-state index in [2.05, 4.69) is 10.3 Å². The van der Waals surface area contributed by atoms with E-state index in [-0.39, 0.29) is 30.3 Å². The van der Waals surface area contributed by atoms with Crippen LogP contribution in [0.3, 0.4) is 0 Å². The number of esters is 1. The Morgan fingerprint density at radius 2 is 1.74 bits per heavy atom. The molecule has 35 heavy (non-hydrogen) atoms. The summed E-state index contributed by atoms with van der Waals surface area (Å²) in [5.41, 5.74) is 3.18. The summed E-state index contributed by atoms with van der Waals surface area (Å²) in [5.74, 6) is -1.15. The fourth-order valence-corrected chi connectivity index (χ4v) is 4.03. The molecule has 0 aliphatic heterocycles. The topological polar surface area (TPSA) is 68.3 Å². The lowest BCUT2D eigenvalue weighted by Gasteiger charge is -2.11. The Hall–Kier alpha value is -3.77. The maximum atomic E-state index is 14.9. The number of hydrogen-bond donors (Lipinski definition) is 1. The maximum absolute atomic E-state index is 14.9. The molecular weight excluding hydrogens is 467 g/mol. The predicted octanol–water partition coefficient (Wildman–Crippen LogP) is 5.31. The van der Waals surface area contributed by atoms with Crippen LogP contribution in [0.4, 0.5) is 4.39 Å². The fourth-order valence-electron chi connectivity index (χ4n) is 3.90. The van der Waals surface area contributed by atoms with Gasteiger partial charge in [-0.1, -0.05) is 54.1 Å². The van der Waals surface area contributed by atoms with Gasteiger partial charge in [0.05, 0.1) is 19.2 Å². The zero-order valence-electron chi connectivity index (χ0n) is 19.2. The zero-order valence-corrected chi connectivity index (χ0v) is 19.9. The summed E-state index contributed by atoms with van der Waals surface area (Å²) < 4.78 is 19.7. The van der Waals surface area contributed by atoms with Crippen LogP contribution in [0.2, 0.25) is 5.02 Å². The molecule has 1 amide bonds. The minimum absolute atomic E-state index is 0.112. The highest BCUT2D eigenvalue weighted by Gasteiger charge is 2.14. The van der Waals surface area contributed by atoms with Crippen molar-refractivity contribution in [3.8, 4) is 0 Å². The van der Waals surface area contributed by atoms with Crippen molar-refractivity contribution in [1.29, 1.82) is 0 Å². The van der Waals surface area contributed by atoms with Gasteiger partial charge in [-0.3, -0.25) is 14.6 Å². The summed E-state index contributed by atoms with van der Waals surface area (Å²) in [7, 11) is 1.35. The first-order valence-corrected chi connectivity index (χ1v) is 11.6. The molecule has 0 bridgehead atoms. The van der Waals surface area contributed by atoms with Gasteiger partial charge in [0, 0.05) is 35.1 Å². The first-order valence-electron chi connectivity index (χ1n) is 11.2.